The van der Waals surface area contributed by atoms with Gasteiger partial charge < -0.3 is 29.2 Å². The standard InChI is InChI=1S/C35H43NO6/c1-34(2,3)25-17-24(29(37)26(18-25)35(4,5)6)19-36-28-30(38)31-27(21-40-32(42-31)23-15-11-8-12-16-23)41-33(28)39-20-22-13-9-7-10-14-22/h7-19,27-28,30-33,37-38H,20-21H2,1-6H3/t27-,28-,30+,31-,32?,33+/m1/s1. The maximum atomic E-state index is 11.7. The van der Waals surface area contributed by atoms with Crippen LogP contribution >= 0.6 is 0 Å². The lowest BCUT2D eigenvalue weighted by molar-refractivity contribution is -0.343. The van der Waals surface area contributed by atoms with E-state index in [4.69, 9.17) is 23.9 Å². The van der Waals surface area contributed by atoms with E-state index in [0.29, 0.717) is 5.56 Å². The Balaban J connectivity index is 1.47. The average molecular weight is 574 g/mol. The highest BCUT2D eigenvalue weighted by Crippen LogP contribution is 2.38. The molecule has 0 bridgehead atoms. The van der Waals surface area contributed by atoms with Gasteiger partial charge in [0, 0.05) is 22.9 Å². The van der Waals surface area contributed by atoms with Crippen LogP contribution in [0.5, 0.6) is 5.75 Å². The Kier molecular flexibility index (Phi) is 8.88. The topological polar surface area (TPSA) is 89.7 Å². The van der Waals surface area contributed by atoms with Crippen molar-refractivity contribution in [2.75, 3.05) is 6.61 Å². The van der Waals surface area contributed by atoms with Gasteiger partial charge in [0.2, 0.25) is 0 Å². The third kappa shape index (κ3) is 6.77. The van der Waals surface area contributed by atoms with Crippen molar-refractivity contribution < 1.29 is 29.2 Å². The van der Waals surface area contributed by atoms with Gasteiger partial charge in [-0.3, -0.25) is 4.99 Å². The summed E-state index contributed by atoms with van der Waals surface area (Å²) in [6, 6.07) is 22.7. The molecule has 2 saturated heterocycles. The number of phenols is 1. The quantitative estimate of drug-likeness (QED) is 0.342. The van der Waals surface area contributed by atoms with Gasteiger partial charge in [-0.15, -0.1) is 0 Å². The summed E-state index contributed by atoms with van der Waals surface area (Å²) >= 11 is 0. The molecule has 0 saturated carbocycles. The first-order valence-electron chi connectivity index (χ1n) is 14.6. The minimum Gasteiger partial charge on any atom is -0.507 e. The first-order valence-corrected chi connectivity index (χ1v) is 14.6. The lowest BCUT2D eigenvalue weighted by Crippen LogP contribution is -2.61. The molecule has 2 fully saturated rings. The maximum absolute atomic E-state index is 11.7. The van der Waals surface area contributed by atoms with Crippen molar-refractivity contribution in [3.63, 3.8) is 0 Å². The van der Waals surface area contributed by atoms with Crippen LogP contribution in [0.25, 0.3) is 0 Å². The van der Waals surface area contributed by atoms with Crippen LogP contribution in [0.15, 0.2) is 77.8 Å². The number of nitrogens with zero attached hydrogens (tertiary/aromatic N) is 1. The van der Waals surface area contributed by atoms with E-state index in [1.54, 1.807) is 6.21 Å². The van der Waals surface area contributed by atoms with Crippen LogP contribution in [0, 0.1) is 0 Å². The summed E-state index contributed by atoms with van der Waals surface area (Å²) in [6.07, 6.45) is -2.10. The van der Waals surface area contributed by atoms with E-state index >= 15 is 0 Å². The van der Waals surface area contributed by atoms with Crippen molar-refractivity contribution in [3.05, 3.63) is 101 Å². The van der Waals surface area contributed by atoms with Crippen molar-refractivity contribution >= 4 is 6.21 Å². The zero-order chi connectivity index (χ0) is 30.1. The van der Waals surface area contributed by atoms with Gasteiger partial charge in [-0.05, 0) is 28.0 Å². The number of phenolic OH excluding ortho intramolecular Hbond substituents is 1. The number of rotatable bonds is 6. The third-order valence-corrected chi connectivity index (χ3v) is 7.86. The number of fused-ring (bicyclic) bond motifs is 1. The van der Waals surface area contributed by atoms with Crippen LogP contribution in [0.1, 0.15) is 75.6 Å². The van der Waals surface area contributed by atoms with Gasteiger partial charge in [0.05, 0.1) is 13.2 Å². The average Bonchev–Trinajstić information content (AvgIpc) is 2.96. The molecule has 2 N–H and O–H groups in total. The molecule has 2 aliphatic rings. The first-order chi connectivity index (χ1) is 19.9. The number of aromatic hydroxyl groups is 1. The van der Waals surface area contributed by atoms with E-state index in [0.717, 1.165) is 22.3 Å². The molecule has 0 spiro atoms. The number of aliphatic hydroxyl groups excluding tert-OH is 1. The molecule has 7 nitrogen and oxygen atoms in total. The molecule has 42 heavy (non-hydrogen) atoms. The number of aliphatic hydroxyl groups is 1. The largest absolute Gasteiger partial charge is 0.507 e. The van der Waals surface area contributed by atoms with E-state index in [1.807, 2.05) is 66.7 Å². The molecule has 0 amide bonds. The van der Waals surface area contributed by atoms with Crippen molar-refractivity contribution in [2.24, 2.45) is 4.99 Å². The summed E-state index contributed by atoms with van der Waals surface area (Å²) in [5.74, 6) is 0.177. The van der Waals surface area contributed by atoms with Gasteiger partial charge in [0.25, 0.3) is 0 Å². The van der Waals surface area contributed by atoms with E-state index in [-0.39, 0.29) is 29.8 Å². The number of hydrogen-bond donors (Lipinski definition) is 2. The number of ether oxygens (including phenoxy) is 4. The minimum atomic E-state index is -1.04. The maximum Gasteiger partial charge on any atom is 0.184 e. The zero-order valence-corrected chi connectivity index (χ0v) is 25.4. The monoisotopic (exact) mass is 573 g/mol. The number of hydrogen-bond acceptors (Lipinski definition) is 7. The van der Waals surface area contributed by atoms with E-state index in [2.05, 4.69) is 47.6 Å². The molecule has 5 rings (SSSR count). The lowest BCUT2D eigenvalue weighted by atomic mass is 9.79. The molecule has 2 heterocycles. The van der Waals surface area contributed by atoms with Crippen LogP contribution < -0.4 is 0 Å². The Morgan fingerprint density at radius 2 is 1.57 bits per heavy atom. The van der Waals surface area contributed by atoms with E-state index < -0.39 is 36.9 Å². The Hall–Kier alpha value is -3.07. The molecule has 1 unspecified atom stereocenters. The highest BCUT2D eigenvalue weighted by molar-refractivity contribution is 5.85. The second-order valence-corrected chi connectivity index (χ2v) is 13.2. The summed E-state index contributed by atoms with van der Waals surface area (Å²) < 4.78 is 24.8. The fourth-order valence-electron chi connectivity index (χ4n) is 5.33. The van der Waals surface area contributed by atoms with Gasteiger partial charge in [0.15, 0.2) is 12.6 Å². The molecule has 0 aliphatic carbocycles. The molecular formula is C35H43NO6. The van der Waals surface area contributed by atoms with Gasteiger partial charge >= 0.3 is 0 Å². The Bertz CT molecular complexity index is 1360. The Labute approximate surface area is 249 Å². The van der Waals surface area contributed by atoms with E-state index in [9.17, 15) is 10.2 Å². The van der Waals surface area contributed by atoms with Crippen molar-refractivity contribution in [3.8, 4) is 5.75 Å². The summed E-state index contributed by atoms with van der Waals surface area (Å²) in [5.41, 5.74) is 3.93. The molecule has 6 atom stereocenters. The molecule has 3 aromatic carbocycles. The first kappa shape index (κ1) is 30.4. The van der Waals surface area contributed by atoms with Crippen LogP contribution in [0.4, 0.5) is 0 Å². The third-order valence-electron chi connectivity index (χ3n) is 7.86. The van der Waals surface area contributed by atoms with Gasteiger partial charge in [-0.2, -0.15) is 0 Å². The normalized spacial score (nSPS) is 26.7. The van der Waals surface area contributed by atoms with Crippen molar-refractivity contribution in [1.82, 2.24) is 0 Å². The lowest BCUT2D eigenvalue weighted by Gasteiger charge is -2.46. The Morgan fingerprint density at radius 3 is 2.21 bits per heavy atom. The molecule has 0 radical (unpaired) electrons. The Morgan fingerprint density at radius 1 is 0.905 bits per heavy atom. The highest BCUT2D eigenvalue weighted by Gasteiger charge is 2.50. The zero-order valence-electron chi connectivity index (χ0n) is 25.4. The molecule has 0 aromatic heterocycles. The van der Waals surface area contributed by atoms with Gasteiger partial charge in [0.1, 0.15) is 30.1 Å². The van der Waals surface area contributed by atoms with Crippen molar-refractivity contribution in [1.29, 1.82) is 0 Å². The summed E-state index contributed by atoms with van der Waals surface area (Å²) in [5, 5.41) is 23.0. The summed E-state index contributed by atoms with van der Waals surface area (Å²) in [7, 11) is 0. The molecular weight excluding hydrogens is 530 g/mol. The van der Waals surface area contributed by atoms with E-state index in [1.165, 1.54) is 0 Å². The van der Waals surface area contributed by atoms with Crippen LogP contribution in [-0.2, 0) is 36.4 Å². The SMILES string of the molecule is CC(C)(C)c1cc(C=N[C@H]2[C@@H](OCc3ccccc3)O[C@@H]3COC(c4ccccc4)O[C@H]3[C@H]2O)c(O)c(C(C)(C)C)c1. The predicted octanol–water partition coefficient (Wildman–Crippen LogP) is 6.19. The summed E-state index contributed by atoms with van der Waals surface area (Å²) in [6.45, 7) is 13.2. The van der Waals surface area contributed by atoms with Crippen LogP contribution in [-0.4, -0.2) is 53.7 Å². The number of aliphatic imine (C=N–C) groups is 1. The minimum absolute atomic E-state index is 0.138. The van der Waals surface area contributed by atoms with Crippen molar-refractivity contribution in [2.45, 2.75) is 95.9 Å². The molecule has 224 valence electrons. The second-order valence-electron chi connectivity index (χ2n) is 13.2. The van der Waals surface area contributed by atoms with Crippen LogP contribution in [0.2, 0.25) is 0 Å². The fraction of sp³-hybridized carbons (Fsp3) is 0.457. The van der Waals surface area contributed by atoms with Gasteiger partial charge in [-0.25, -0.2) is 0 Å². The van der Waals surface area contributed by atoms with Crippen LogP contribution in [0.3, 0.4) is 0 Å². The highest BCUT2D eigenvalue weighted by atomic mass is 16.7. The molecule has 7 heteroatoms. The van der Waals surface area contributed by atoms with Gasteiger partial charge in [-0.1, -0.05) is 108 Å². The number of benzene rings is 3. The second kappa shape index (κ2) is 12.3. The predicted molar refractivity (Wildman–Crippen MR) is 163 cm³/mol. The summed E-state index contributed by atoms with van der Waals surface area (Å²) in [4.78, 5) is 4.82. The molecule has 3 aromatic rings. The molecule has 2 aliphatic heterocycles. The smallest absolute Gasteiger partial charge is 0.184 e. The fourth-order valence-corrected chi connectivity index (χ4v) is 5.33.